The Bertz CT molecular complexity index is 860. The zero-order valence-corrected chi connectivity index (χ0v) is 18.7. The lowest BCUT2D eigenvalue weighted by Crippen LogP contribution is -2.48. The Morgan fingerprint density at radius 3 is 2.52 bits per heavy atom. The quantitative estimate of drug-likeness (QED) is 0.494. The molecular weight excluding hydrogens is 387 g/mol. The summed E-state index contributed by atoms with van der Waals surface area (Å²) in [6, 6.07) is 5.36. The molecule has 1 aromatic heterocycles. The van der Waals surface area contributed by atoms with Gasteiger partial charge in [-0.3, -0.25) is 0 Å². The van der Waals surface area contributed by atoms with Crippen molar-refractivity contribution in [2.24, 2.45) is 5.16 Å². The number of hydrogen-bond donors (Lipinski definition) is 0. The van der Waals surface area contributed by atoms with Gasteiger partial charge >= 0.3 is 0 Å². The van der Waals surface area contributed by atoms with Crippen molar-refractivity contribution in [3.05, 3.63) is 42.0 Å². The first-order chi connectivity index (χ1) is 13.8. The summed E-state index contributed by atoms with van der Waals surface area (Å²) in [7, 11) is -1.03. The number of oxime groups is 1. The summed E-state index contributed by atoms with van der Waals surface area (Å²) in [5.41, 5.74) is 2.65. The van der Waals surface area contributed by atoms with Gasteiger partial charge in [-0.05, 0) is 18.5 Å². The highest BCUT2D eigenvalue weighted by atomic mass is 28.3. The lowest BCUT2D eigenvalue weighted by molar-refractivity contribution is 0.157. The van der Waals surface area contributed by atoms with Crippen molar-refractivity contribution in [1.82, 2.24) is 9.97 Å². The van der Waals surface area contributed by atoms with E-state index < -0.39 is 9.04 Å². The number of benzene rings is 1. The highest BCUT2D eigenvalue weighted by molar-refractivity contribution is 6.53. The first-order valence-electron chi connectivity index (χ1n) is 9.79. The molecule has 0 N–H and O–H groups in total. The van der Waals surface area contributed by atoms with Gasteiger partial charge in [0.1, 0.15) is 12.4 Å². The zero-order valence-electron chi connectivity index (χ0n) is 17.7. The standard InChI is InChI=1S/C21H28FN4O2Si/c1-6-27-25-17-12-26(13-17)20-23-10-16(11-24-20)18-9-7-8-15(19(18)22)14-28-29(5)21(2,3)4/h7-11H,6,12-14H2,1-5H3. The van der Waals surface area contributed by atoms with E-state index in [-0.39, 0.29) is 17.5 Å². The van der Waals surface area contributed by atoms with Crippen LogP contribution in [0.3, 0.4) is 0 Å². The van der Waals surface area contributed by atoms with Crippen LogP contribution < -0.4 is 4.90 Å². The molecule has 1 aromatic carbocycles. The van der Waals surface area contributed by atoms with E-state index in [0.29, 0.717) is 42.3 Å². The van der Waals surface area contributed by atoms with Gasteiger partial charge in [0.05, 0.1) is 25.4 Å². The third-order valence-electron chi connectivity index (χ3n) is 4.88. The van der Waals surface area contributed by atoms with Gasteiger partial charge in [0.15, 0.2) is 0 Å². The fourth-order valence-corrected chi connectivity index (χ4v) is 3.49. The topological polar surface area (TPSA) is 59.8 Å². The molecule has 6 nitrogen and oxygen atoms in total. The van der Waals surface area contributed by atoms with Crippen LogP contribution in [0.4, 0.5) is 10.3 Å². The monoisotopic (exact) mass is 415 g/mol. The molecule has 1 radical (unpaired) electrons. The van der Waals surface area contributed by atoms with Gasteiger partial charge in [-0.1, -0.05) is 44.1 Å². The number of aromatic nitrogens is 2. The van der Waals surface area contributed by atoms with Crippen molar-refractivity contribution >= 4 is 20.7 Å². The fourth-order valence-electron chi connectivity index (χ4n) is 2.69. The van der Waals surface area contributed by atoms with E-state index >= 15 is 4.39 Å². The van der Waals surface area contributed by atoms with Crippen molar-refractivity contribution in [1.29, 1.82) is 0 Å². The molecule has 1 aliphatic heterocycles. The molecule has 0 unspecified atom stereocenters. The predicted octanol–water partition coefficient (Wildman–Crippen LogP) is 4.43. The molecule has 0 saturated carbocycles. The normalized spacial score (nSPS) is 14.2. The summed E-state index contributed by atoms with van der Waals surface area (Å²) >= 11 is 0. The van der Waals surface area contributed by atoms with Crippen molar-refractivity contribution in [2.75, 3.05) is 24.6 Å². The molecule has 2 heterocycles. The number of rotatable bonds is 7. The third kappa shape index (κ3) is 5.19. The van der Waals surface area contributed by atoms with Crippen LogP contribution in [0.5, 0.6) is 0 Å². The molecule has 0 aliphatic carbocycles. The van der Waals surface area contributed by atoms with Gasteiger partial charge in [-0.2, -0.15) is 0 Å². The molecule has 0 atom stereocenters. The SMILES string of the molecule is CCON=C1CN(c2ncc(-c3cccc(CO[Si](C)C(C)(C)C)c3F)cn2)C1. The highest BCUT2D eigenvalue weighted by Crippen LogP contribution is 2.29. The van der Waals surface area contributed by atoms with Crippen LogP contribution >= 0.6 is 0 Å². The van der Waals surface area contributed by atoms with Crippen LogP contribution in [0.15, 0.2) is 35.7 Å². The fraction of sp³-hybridized carbons (Fsp3) is 0.476. The smallest absolute Gasteiger partial charge is 0.225 e. The maximum absolute atomic E-state index is 15.0. The van der Waals surface area contributed by atoms with E-state index in [9.17, 15) is 0 Å². The second-order valence-electron chi connectivity index (χ2n) is 8.08. The Hall–Kier alpha value is -2.32. The van der Waals surface area contributed by atoms with Crippen LogP contribution in [0.2, 0.25) is 11.6 Å². The summed E-state index contributed by atoms with van der Waals surface area (Å²) < 4.78 is 21.0. The summed E-state index contributed by atoms with van der Waals surface area (Å²) in [6.45, 7) is 12.6. The maximum atomic E-state index is 15.0. The van der Waals surface area contributed by atoms with E-state index in [1.54, 1.807) is 24.5 Å². The van der Waals surface area contributed by atoms with E-state index in [1.807, 2.05) is 17.9 Å². The molecule has 0 spiro atoms. The summed E-state index contributed by atoms with van der Waals surface area (Å²) in [4.78, 5) is 15.8. The predicted molar refractivity (Wildman–Crippen MR) is 115 cm³/mol. The second kappa shape index (κ2) is 9.00. The summed E-state index contributed by atoms with van der Waals surface area (Å²) in [5, 5.41) is 4.12. The van der Waals surface area contributed by atoms with Crippen molar-refractivity contribution in [3.63, 3.8) is 0 Å². The van der Waals surface area contributed by atoms with Gasteiger partial charge in [0.25, 0.3) is 0 Å². The Labute approximate surface area is 173 Å². The van der Waals surface area contributed by atoms with Crippen LogP contribution in [0.1, 0.15) is 33.3 Å². The summed E-state index contributed by atoms with van der Waals surface area (Å²) in [5.74, 6) is 0.329. The Morgan fingerprint density at radius 2 is 1.90 bits per heavy atom. The maximum Gasteiger partial charge on any atom is 0.225 e. The van der Waals surface area contributed by atoms with Gasteiger partial charge in [-0.15, -0.1) is 0 Å². The minimum Gasteiger partial charge on any atom is -0.412 e. The van der Waals surface area contributed by atoms with E-state index in [0.717, 1.165) is 5.71 Å². The molecule has 155 valence electrons. The van der Waals surface area contributed by atoms with Crippen LogP contribution in [0, 0.1) is 5.82 Å². The molecule has 29 heavy (non-hydrogen) atoms. The molecule has 8 heteroatoms. The van der Waals surface area contributed by atoms with Crippen molar-refractivity contribution in [2.45, 2.75) is 45.9 Å². The first kappa shape index (κ1) is 21.4. The van der Waals surface area contributed by atoms with E-state index in [2.05, 4.69) is 42.4 Å². The average molecular weight is 416 g/mol. The lowest BCUT2D eigenvalue weighted by Gasteiger charge is -2.31. The van der Waals surface area contributed by atoms with E-state index in [1.165, 1.54) is 0 Å². The molecular formula is C21H28FN4O2Si. The van der Waals surface area contributed by atoms with Gasteiger partial charge in [-0.25, -0.2) is 14.4 Å². The van der Waals surface area contributed by atoms with Crippen LogP contribution in [-0.4, -0.2) is 44.4 Å². The molecule has 0 bridgehead atoms. The van der Waals surface area contributed by atoms with Crippen LogP contribution in [-0.2, 0) is 15.9 Å². The largest absolute Gasteiger partial charge is 0.412 e. The molecule has 2 aromatic rings. The van der Waals surface area contributed by atoms with Crippen LogP contribution in [0.25, 0.3) is 11.1 Å². The lowest BCUT2D eigenvalue weighted by atomic mass is 10.1. The van der Waals surface area contributed by atoms with Gasteiger partial charge in [0.2, 0.25) is 15.0 Å². The average Bonchev–Trinajstić information content (AvgIpc) is 2.65. The molecule has 1 saturated heterocycles. The Balaban J connectivity index is 1.68. The molecule has 0 amide bonds. The Morgan fingerprint density at radius 1 is 1.21 bits per heavy atom. The molecule has 1 aliphatic rings. The minimum atomic E-state index is -1.03. The minimum absolute atomic E-state index is 0.104. The zero-order chi connectivity index (χ0) is 21.0. The number of hydrogen-bond acceptors (Lipinski definition) is 6. The van der Waals surface area contributed by atoms with Crippen molar-refractivity contribution < 1.29 is 13.7 Å². The Kier molecular flexibility index (Phi) is 6.64. The molecule has 3 rings (SSSR count). The van der Waals surface area contributed by atoms with Gasteiger partial charge < -0.3 is 14.2 Å². The highest BCUT2D eigenvalue weighted by Gasteiger charge is 2.26. The second-order valence-corrected chi connectivity index (χ2v) is 11.0. The van der Waals surface area contributed by atoms with Gasteiger partial charge in [0, 0.05) is 29.1 Å². The first-order valence-corrected chi connectivity index (χ1v) is 11.7. The summed E-state index contributed by atoms with van der Waals surface area (Å²) in [6.07, 6.45) is 3.32. The molecule has 1 fully saturated rings. The third-order valence-corrected chi connectivity index (χ3v) is 7.57. The van der Waals surface area contributed by atoms with E-state index in [4.69, 9.17) is 9.26 Å². The number of anilines is 1. The number of halogens is 1. The number of nitrogens with zero attached hydrogens (tertiary/aromatic N) is 4. The van der Waals surface area contributed by atoms with Crippen molar-refractivity contribution in [3.8, 4) is 11.1 Å².